The van der Waals surface area contributed by atoms with Crippen molar-refractivity contribution in [1.29, 1.82) is 0 Å². The number of hydrogen-bond acceptors (Lipinski definition) is 3. The third-order valence-electron chi connectivity index (χ3n) is 3.02. The van der Waals surface area contributed by atoms with Crippen LogP contribution in [0.1, 0.15) is 36.0 Å². The van der Waals surface area contributed by atoms with E-state index < -0.39 is 5.97 Å². The molecular formula is C12H14ClNO3. The number of pyridine rings is 1. The van der Waals surface area contributed by atoms with Gasteiger partial charge in [0.2, 0.25) is 5.88 Å². The van der Waals surface area contributed by atoms with E-state index in [4.69, 9.17) is 21.4 Å². The van der Waals surface area contributed by atoms with Crippen LogP contribution in [-0.2, 0) is 0 Å². The van der Waals surface area contributed by atoms with Crippen LogP contribution in [0.2, 0.25) is 5.02 Å². The Labute approximate surface area is 105 Å². The molecule has 0 saturated heterocycles. The maximum absolute atomic E-state index is 10.9. The van der Waals surface area contributed by atoms with E-state index in [0.717, 1.165) is 12.8 Å². The SMILES string of the molecule is O=C(O)c1ccnc(OCC2CCCC2)c1Cl. The fourth-order valence-electron chi connectivity index (χ4n) is 2.06. The van der Waals surface area contributed by atoms with Gasteiger partial charge in [0.05, 0.1) is 12.2 Å². The fourth-order valence-corrected chi connectivity index (χ4v) is 2.31. The van der Waals surface area contributed by atoms with Gasteiger partial charge >= 0.3 is 5.97 Å². The van der Waals surface area contributed by atoms with Gasteiger partial charge in [-0.2, -0.15) is 0 Å². The molecule has 92 valence electrons. The summed E-state index contributed by atoms with van der Waals surface area (Å²) in [5, 5.41) is 8.98. The number of nitrogens with zero attached hydrogens (tertiary/aromatic N) is 1. The molecule has 1 N–H and O–H groups in total. The second-order valence-corrected chi connectivity index (χ2v) is 4.62. The van der Waals surface area contributed by atoms with Crippen molar-refractivity contribution in [3.63, 3.8) is 0 Å². The summed E-state index contributed by atoms with van der Waals surface area (Å²) < 4.78 is 5.51. The summed E-state index contributed by atoms with van der Waals surface area (Å²) in [6.07, 6.45) is 6.21. The molecular weight excluding hydrogens is 242 g/mol. The van der Waals surface area contributed by atoms with Gasteiger partial charge in [-0.3, -0.25) is 0 Å². The average molecular weight is 256 g/mol. The monoisotopic (exact) mass is 255 g/mol. The van der Waals surface area contributed by atoms with E-state index in [1.54, 1.807) is 0 Å². The highest BCUT2D eigenvalue weighted by molar-refractivity contribution is 6.34. The van der Waals surface area contributed by atoms with Gasteiger partial charge in [-0.1, -0.05) is 24.4 Å². The van der Waals surface area contributed by atoms with Gasteiger partial charge in [-0.05, 0) is 24.8 Å². The topological polar surface area (TPSA) is 59.4 Å². The molecule has 0 aromatic carbocycles. The van der Waals surface area contributed by atoms with Crippen molar-refractivity contribution in [2.45, 2.75) is 25.7 Å². The molecule has 17 heavy (non-hydrogen) atoms. The van der Waals surface area contributed by atoms with Gasteiger partial charge in [0.15, 0.2) is 0 Å². The Morgan fingerprint density at radius 2 is 2.24 bits per heavy atom. The van der Waals surface area contributed by atoms with Gasteiger partial charge in [0.25, 0.3) is 0 Å². The van der Waals surface area contributed by atoms with E-state index in [1.807, 2.05) is 0 Å². The molecule has 0 unspecified atom stereocenters. The molecule has 1 fully saturated rings. The summed E-state index contributed by atoms with van der Waals surface area (Å²) >= 11 is 5.92. The van der Waals surface area contributed by atoms with Crippen LogP contribution in [0.25, 0.3) is 0 Å². The number of aromatic carboxylic acids is 1. The molecule has 0 atom stereocenters. The van der Waals surface area contributed by atoms with Gasteiger partial charge in [-0.25, -0.2) is 9.78 Å². The fraction of sp³-hybridized carbons (Fsp3) is 0.500. The molecule has 0 aliphatic heterocycles. The van der Waals surface area contributed by atoms with Crippen LogP contribution >= 0.6 is 11.6 Å². The number of aromatic nitrogens is 1. The van der Waals surface area contributed by atoms with Crippen LogP contribution in [0.3, 0.4) is 0 Å². The number of ether oxygens (including phenoxy) is 1. The third kappa shape index (κ3) is 2.88. The first-order chi connectivity index (χ1) is 8.18. The van der Waals surface area contributed by atoms with Crippen LogP contribution in [0, 0.1) is 5.92 Å². The minimum Gasteiger partial charge on any atom is -0.478 e. The summed E-state index contributed by atoms with van der Waals surface area (Å²) in [5.74, 6) is -0.303. The van der Waals surface area contributed by atoms with Crippen LogP contribution in [-0.4, -0.2) is 22.7 Å². The van der Waals surface area contributed by atoms with Crippen molar-refractivity contribution in [2.24, 2.45) is 5.92 Å². The van der Waals surface area contributed by atoms with Crippen molar-refractivity contribution < 1.29 is 14.6 Å². The predicted octanol–water partition coefficient (Wildman–Crippen LogP) is 3.00. The van der Waals surface area contributed by atoms with Crippen LogP contribution in [0.5, 0.6) is 5.88 Å². The third-order valence-corrected chi connectivity index (χ3v) is 3.38. The van der Waals surface area contributed by atoms with Gasteiger partial charge in [0, 0.05) is 6.20 Å². The largest absolute Gasteiger partial charge is 0.478 e. The number of carbonyl (C=O) groups is 1. The van der Waals surface area contributed by atoms with Gasteiger partial charge in [0.1, 0.15) is 5.02 Å². The molecule has 5 heteroatoms. The molecule has 0 bridgehead atoms. The first-order valence-corrected chi connectivity index (χ1v) is 6.07. The highest BCUT2D eigenvalue weighted by atomic mass is 35.5. The zero-order chi connectivity index (χ0) is 12.3. The Kier molecular flexibility index (Phi) is 3.84. The zero-order valence-electron chi connectivity index (χ0n) is 9.36. The number of carboxylic acids is 1. The molecule has 0 radical (unpaired) electrons. The Bertz CT molecular complexity index is 416. The normalized spacial score (nSPS) is 16.1. The molecule has 0 spiro atoms. The highest BCUT2D eigenvalue weighted by Crippen LogP contribution is 2.29. The molecule has 0 amide bonds. The van der Waals surface area contributed by atoms with Crippen molar-refractivity contribution in [2.75, 3.05) is 6.61 Å². The Hall–Kier alpha value is -1.29. The Morgan fingerprint density at radius 3 is 2.88 bits per heavy atom. The molecule has 1 aliphatic carbocycles. The van der Waals surface area contributed by atoms with E-state index in [0.29, 0.717) is 12.5 Å². The average Bonchev–Trinajstić information content (AvgIpc) is 2.80. The van der Waals surface area contributed by atoms with E-state index >= 15 is 0 Å². The molecule has 2 rings (SSSR count). The quantitative estimate of drug-likeness (QED) is 0.899. The summed E-state index contributed by atoms with van der Waals surface area (Å²) in [4.78, 5) is 14.8. The molecule has 1 heterocycles. The molecule has 4 nitrogen and oxygen atoms in total. The smallest absolute Gasteiger partial charge is 0.337 e. The van der Waals surface area contributed by atoms with E-state index in [1.165, 1.54) is 25.1 Å². The van der Waals surface area contributed by atoms with E-state index in [9.17, 15) is 4.79 Å². The summed E-state index contributed by atoms with van der Waals surface area (Å²) in [6.45, 7) is 0.565. The minimum absolute atomic E-state index is 0.0306. The molecule has 1 aromatic heterocycles. The lowest BCUT2D eigenvalue weighted by Crippen LogP contribution is -2.10. The lowest BCUT2D eigenvalue weighted by atomic mass is 10.1. The minimum atomic E-state index is -1.07. The van der Waals surface area contributed by atoms with Crippen LogP contribution < -0.4 is 4.74 Å². The first kappa shape index (κ1) is 12.2. The Balaban J connectivity index is 2.04. The first-order valence-electron chi connectivity index (χ1n) is 5.69. The van der Waals surface area contributed by atoms with Crippen LogP contribution in [0.4, 0.5) is 0 Å². The number of rotatable bonds is 4. The zero-order valence-corrected chi connectivity index (χ0v) is 10.1. The van der Waals surface area contributed by atoms with Gasteiger partial charge < -0.3 is 9.84 Å². The molecule has 1 saturated carbocycles. The van der Waals surface area contributed by atoms with Crippen molar-refractivity contribution in [3.05, 3.63) is 22.8 Å². The second kappa shape index (κ2) is 5.36. The van der Waals surface area contributed by atoms with Gasteiger partial charge in [-0.15, -0.1) is 0 Å². The maximum atomic E-state index is 10.9. The number of halogens is 1. The number of hydrogen-bond donors (Lipinski definition) is 1. The lowest BCUT2D eigenvalue weighted by molar-refractivity contribution is 0.0696. The summed E-state index contributed by atoms with van der Waals surface area (Å²) in [5.41, 5.74) is 0.0306. The predicted molar refractivity (Wildman–Crippen MR) is 63.7 cm³/mol. The van der Waals surface area contributed by atoms with E-state index in [2.05, 4.69) is 4.98 Å². The summed E-state index contributed by atoms with van der Waals surface area (Å²) in [7, 11) is 0. The maximum Gasteiger partial charge on any atom is 0.337 e. The Morgan fingerprint density at radius 1 is 1.53 bits per heavy atom. The van der Waals surface area contributed by atoms with E-state index in [-0.39, 0.29) is 16.5 Å². The molecule has 1 aliphatic rings. The highest BCUT2D eigenvalue weighted by Gasteiger charge is 2.18. The summed E-state index contributed by atoms with van der Waals surface area (Å²) in [6, 6.07) is 1.37. The standard InChI is InChI=1S/C12H14ClNO3/c13-10-9(12(15)16)5-6-14-11(10)17-7-8-3-1-2-4-8/h5-6,8H,1-4,7H2,(H,15,16). The second-order valence-electron chi connectivity index (χ2n) is 4.24. The van der Waals surface area contributed by atoms with Crippen molar-refractivity contribution in [1.82, 2.24) is 4.98 Å². The van der Waals surface area contributed by atoms with Crippen molar-refractivity contribution >= 4 is 17.6 Å². The molecule has 1 aromatic rings. The van der Waals surface area contributed by atoms with Crippen molar-refractivity contribution in [3.8, 4) is 5.88 Å². The lowest BCUT2D eigenvalue weighted by Gasteiger charge is -2.12. The number of carboxylic acid groups (broad SMARTS) is 1. The van der Waals surface area contributed by atoms with Crippen LogP contribution in [0.15, 0.2) is 12.3 Å².